The average molecular weight is 378 g/mol. The van der Waals surface area contributed by atoms with Crippen molar-refractivity contribution in [3.63, 3.8) is 0 Å². The maximum Gasteiger partial charge on any atom is 0.315 e. The second kappa shape index (κ2) is 8.00. The number of benzene rings is 1. The predicted molar refractivity (Wildman–Crippen MR) is 101 cm³/mol. The molecule has 5 nitrogen and oxygen atoms in total. The second-order valence-corrected chi connectivity index (χ2v) is 8.05. The highest BCUT2D eigenvalue weighted by Crippen LogP contribution is 2.27. The van der Waals surface area contributed by atoms with E-state index in [1.54, 1.807) is 6.07 Å². The molecule has 3 atom stereocenters. The van der Waals surface area contributed by atoms with Crippen molar-refractivity contribution < 1.29 is 13.6 Å². The van der Waals surface area contributed by atoms with Gasteiger partial charge >= 0.3 is 6.03 Å². The highest BCUT2D eigenvalue weighted by molar-refractivity contribution is 5.74. The van der Waals surface area contributed by atoms with Crippen molar-refractivity contribution in [3.05, 3.63) is 29.8 Å². The quantitative estimate of drug-likeness (QED) is 0.847. The molecule has 7 heteroatoms. The lowest BCUT2D eigenvalue weighted by Gasteiger charge is -2.32. The molecule has 1 aromatic rings. The van der Waals surface area contributed by atoms with E-state index >= 15 is 0 Å². The van der Waals surface area contributed by atoms with Crippen molar-refractivity contribution in [2.24, 2.45) is 5.92 Å². The summed E-state index contributed by atoms with van der Waals surface area (Å²) in [7, 11) is 0. The third-order valence-electron chi connectivity index (χ3n) is 6.28. The zero-order chi connectivity index (χ0) is 18.8. The number of amides is 2. The van der Waals surface area contributed by atoms with Gasteiger partial charge in [-0.2, -0.15) is 0 Å². The van der Waals surface area contributed by atoms with Crippen LogP contribution in [-0.2, 0) is 0 Å². The van der Waals surface area contributed by atoms with E-state index in [1.807, 2.05) is 4.90 Å². The smallest absolute Gasteiger partial charge is 0.315 e. The monoisotopic (exact) mass is 378 g/mol. The normalized spacial score (nSPS) is 28.2. The molecule has 0 saturated carbocycles. The van der Waals surface area contributed by atoms with Gasteiger partial charge in [-0.15, -0.1) is 0 Å². The van der Waals surface area contributed by atoms with E-state index in [4.69, 9.17) is 0 Å². The first-order valence-corrected chi connectivity index (χ1v) is 10.1. The molecule has 148 valence electrons. The Morgan fingerprint density at radius 1 is 1.07 bits per heavy atom. The lowest BCUT2D eigenvalue weighted by Crippen LogP contribution is -2.50. The number of carbonyl (C=O) groups excluding carboxylic acids is 1. The van der Waals surface area contributed by atoms with Crippen LogP contribution in [0.1, 0.15) is 32.1 Å². The number of urea groups is 1. The van der Waals surface area contributed by atoms with Gasteiger partial charge < -0.3 is 15.5 Å². The van der Waals surface area contributed by atoms with Gasteiger partial charge in [-0.3, -0.25) is 4.90 Å². The lowest BCUT2D eigenvalue weighted by molar-refractivity contribution is 0.178. The number of anilines is 1. The Kier molecular flexibility index (Phi) is 5.48. The van der Waals surface area contributed by atoms with Crippen LogP contribution < -0.4 is 15.5 Å². The van der Waals surface area contributed by atoms with Crippen molar-refractivity contribution >= 4 is 11.7 Å². The minimum Gasteiger partial charge on any atom is -0.371 e. The van der Waals surface area contributed by atoms with E-state index in [0.29, 0.717) is 24.2 Å². The molecule has 0 aliphatic carbocycles. The summed E-state index contributed by atoms with van der Waals surface area (Å²) in [6.45, 7) is 4.38. The molecular formula is C20H28F2N4O. The third-order valence-corrected chi connectivity index (χ3v) is 6.28. The van der Waals surface area contributed by atoms with Gasteiger partial charge in [-0.1, -0.05) is 6.42 Å². The fourth-order valence-corrected chi connectivity index (χ4v) is 4.79. The van der Waals surface area contributed by atoms with Crippen LogP contribution >= 0.6 is 0 Å². The van der Waals surface area contributed by atoms with Gasteiger partial charge in [0, 0.05) is 50.0 Å². The predicted octanol–water partition coefficient (Wildman–Crippen LogP) is 2.72. The van der Waals surface area contributed by atoms with Gasteiger partial charge in [0.1, 0.15) is 0 Å². The molecule has 4 rings (SSSR count). The van der Waals surface area contributed by atoms with Gasteiger partial charge in [-0.25, -0.2) is 13.6 Å². The Hall–Kier alpha value is -1.89. The molecule has 3 heterocycles. The third kappa shape index (κ3) is 4.18. The van der Waals surface area contributed by atoms with Crippen molar-refractivity contribution in [3.8, 4) is 0 Å². The lowest BCUT2D eigenvalue weighted by atomic mass is 9.99. The number of nitrogens with zero attached hydrogens (tertiary/aromatic N) is 2. The number of nitrogens with one attached hydrogen (secondary N) is 2. The Morgan fingerprint density at radius 2 is 1.96 bits per heavy atom. The van der Waals surface area contributed by atoms with Gasteiger partial charge in [-0.05, 0) is 50.3 Å². The van der Waals surface area contributed by atoms with E-state index < -0.39 is 11.6 Å². The SMILES string of the molecule is O=C(NC[C@@H]1CCN(c2ccc(F)c(F)c2)C1)N[C@H]1CCN2CCCC[C@@H]12. The van der Waals surface area contributed by atoms with Crippen LogP contribution in [0.3, 0.4) is 0 Å². The van der Waals surface area contributed by atoms with Crippen LogP contribution in [0.5, 0.6) is 0 Å². The molecule has 0 aromatic heterocycles. The van der Waals surface area contributed by atoms with E-state index in [0.717, 1.165) is 39.0 Å². The van der Waals surface area contributed by atoms with Crippen LogP contribution in [0.25, 0.3) is 0 Å². The molecule has 0 spiro atoms. The molecule has 0 radical (unpaired) electrons. The minimum atomic E-state index is -0.823. The summed E-state index contributed by atoms with van der Waals surface area (Å²) in [5.41, 5.74) is 0.698. The molecule has 3 fully saturated rings. The number of halogens is 2. The van der Waals surface area contributed by atoms with E-state index in [1.165, 1.54) is 31.4 Å². The molecule has 3 aliphatic rings. The fraction of sp³-hybridized carbons (Fsp3) is 0.650. The van der Waals surface area contributed by atoms with Crippen LogP contribution in [0.15, 0.2) is 18.2 Å². The van der Waals surface area contributed by atoms with E-state index in [9.17, 15) is 13.6 Å². The zero-order valence-electron chi connectivity index (χ0n) is 15.6. The van der Waals surface area contributed by atoms with E-state index in [2.05, 4.69) is 15.5 Å². The maximum absolute atomic E-state index is 13.4. The van der Waals surface area contributed by atoms with Crippen LogP contribution in [0.2, 0.25) is 0 Å². The summed E-state index contributed by atoms with van der Waals surface area (Å²) in [5, 5.41) is 6.17. The fourth-order valence-electron chi connectivity index (χ4n) is 4.79. The first-order valence-electron chi connectivity index (χ1n) is 10.1. The van der Waals surface area contributed by atoms with Crippen molar-refractivity contribution in [2.75, 3.05) is 37.6 Å². The number of hydrogen-bond donors (Lipinski definition) is 2. The van der Waals surface area contributed by atoms with Gasteiger partial charge in [0.05, 0.1) is 0 Å². The number of hydrogen-bond acceptors (Lipinski definition) is 3. The Labute approximate surface area is 159 Å². The highest BCUT2D eigenvalue weighted by Gasteiger charge is 2.36. The Balaban J connectivity index is 1.22. The summed E-state index contributed by atoms with van der Waals surface area (Å²) >= 11 is 0. The number of rotatable bonds is 4. The number of carbonyl (C=O) groups is 1. The van der Waals surface area contributed by atoms with Crippen LogP contribution in [0, 0.1) is 17.6 Å². The van der Waals surface area contributed by atoms with Crippen molar-refractivity contribution in [1.82, 2.24) is 15.5 Å². The molecule has 3 saturated heterocycles. The first-order chi connectivity index (χ1) is 13.1. The largest absolute Gasteiger partial charge is 0.371 e. The second-order valence-electron chi connectivity index (χ2n) is 8.05. The van der Waals surface area contributed by atoms with Gasteiger partial charge in [0.25, 0.3) is 0 Å². The van der Waals surface area contributed by atoms with Gasteiger partial charge in [0.15, 0.2) is 11.6 Å². The van der Waals surface area contributed by atoms with Crippen LogP contribution in [0.4, 0.5) is 19.3 Å². The standard InChI is InChI=1S/C20H28F2N4O/c21-16-5-4-15(11-17(16)22)26-9-6-14(13-26)12-23-20(27)24-18-7-10-25-8-2-1-3-19(18)25/h4-5,11,14,18-19H,1-3,6-10,12-13H2,(H2,23,24,27)/t14-,18-,19-/m0/s1. The zero-order valence-corrected chi connectivity index (χ0v) is 15.6. The van der Waals surface area contributed by atoms with Crippen LogP contribution in [-0.4, -0.2) is 55.7 Å². The highest BCUT2D eigenvalue weighted by atomic mass is 19.2. The minimum absolute atomic E-state index is 0.0845. The molecule has 2 N–H and O–H groups in total. The molecule has 0 unspecified atom stereocenters. The van der Waals surface area contributed by atoms with E-state index in [-0.39, 0.29) is 12.1 Å². The summed E-state index contributed by atoms with van der Waals surface area (Å²) in [5.74, 6) is -1.32. The number of fused-ring (bicyclic) bond motifs is 1. The Morgan fingerprint density at radius 3 is 2.81 bits per heavy atom. The molecule has 1 aromatic carbocycles. The topological polar surface area (TPSA) is 47.6 Å². The Bertz CT molecular complexity index is 686. The van der Waals surface area contributed by atoms with Gasteiger partial charge in [0.2, 0.25) is 0 Å². The van der Waals surface area contributed by atoms with Crippen molar-refractivity contribution in [2.45, 2.75) is 44.2 Å². The average Bonchev–Trinajstić information content (AvgIpc) is 3.30. The summed E-state index contributed by atoms with van der Waals surface area (Å²) in [6, 6.07) is 4.69. The maximum atomic E-state index is 13.4. The first kappa shape index (κ1) is 18.5. The van der Waals surface area contributed by atoms with Crippen molar-refractivity contribution in [1.29, 1.82) is 0 Å². The summed E-state index contributed by atoms with van der Waals surface area (Å²) in [6.07, 6.45) is 5.66. The molecule has 3 aliphatic heterocycles. The summed E-state index contributed by atoms with van der Waals surface area (Å²) < 4.78 is 26.5. The molecule has 2 amide bonds. The molecule has 0 bridgehead atoms. The summed E-state index contributed by atoms with van der Waals surface area (Å²) in [4.78, 5) is 16.9. The molecular weight excluding hydrogens is 350 g/mol. The molecule has 27 heavy (non-hydrogen) atoms. The number of piperidine rings is 1.